The molecule has 1 aliphatic heterocycles. The maximum atomic E-state index is 13.2. The number of nitrogens with two attached hydrogens (primary N) is 1. The molecule has 10 heteroatoms. The predicted octanol–water partition coefficient (Wildman–Crippen LogP) is 3.08. The molecule has 1 aromatic carbocycles. The molecule has 0 atom stereocenters. The number of aromatic nitrogens is 2. The number of benzene rings is 1. The normalized spacial score (nSPS) is 13.7. The molecule has 2 aromatic heterocycles. The Balaban J connectivity index is 1.64. The molecule has 35 heavy (non-hydrogen) atoms. The molecular weight excluding hydrogens is 448 g/mol. The minimum absolute atomic E-state index is 0.0552. The van der Waals surface area contributed by atoms with Crippen molar-refractivity contribution in [2.75, 3.05) is 42.3 Å². The molecule has 3 aromatic rings. The van der Waals surface area contributed by atoms with Crippen LogP contribution in [0, 0.1) is 6.92 Å². The highest BCUT2D eigenvalue weighted by Crippen LogP contribution is 2.32. The number of carbonyl (C=O) groups is 2. The van der Waals surface area contributed by atoms with Crippen LogP contribution in [0.3, 0.4) is 0 Å². The van der Waals surface area contributed by atoms with E-state index >= 15 is 0 Å². The summed E-state index contributed by atoms with van der Waals surface area (Å²) in [7, 11) is 0. The number of oxazole rings is 1. The number of nitrogen functional groups attached to an aromatic ring is 1. The second-order valence-corrected chi connectivity index (χ2v) is 8.73. The molecule has 0 bridgehead atoms. The van der Waals surface area contributed by atoms with Gasteiger partial charge in [-0.05, 0) is 56.2 Å². The van der Waals surface area contributed by atoms with Crippen molar-refractivity contribution >= 4 is 29.5 Å². The van der Waals surface area contributed by atoms with Crippen LogP contribution in [0.2, 0.25) is 0 Å². The molecule has 2 amide bonds. The number of hydrogen-bond donors (Lipinski definition) is 2. The van der Waals surface area contributed by atoms with E-state index in [-0.39, 0.29) is 17.6 Å². The molecule has 1 fully saturated rings. The number of aryl methyl sites for hydroxylation is 1. The predicted molar refractivity (Wildman–Crippen MR) is 133 cm³/mol. The van der Waals surface area contributed by atoms with E-state index < -0.39 is 5.91 Å². The summed E-state index contributed by atoms with van der Waals surface area (Å²) < 4.78 is 11.0. The number of anilines is 3. The van der Waals surface area contributed by atoms with Gasteiger partial charge in [-0.1, -0.05) is 0 Å². The zero-order valence-electron chi connectivity index (χ0n) is 20.2. The van der Waals surface area contributed by atoms with Crippen molar-refractivity contribution in [1.82, 2.24) is 14.9 Å². The number of carbonyl (C=O) groups excluding carboxylic acids is 2. The average molecular weight is 479 g/mol. The number of hydrogen-bond acceptors (Lipinski definition) is 8. The van der Waals surface area contributed by atoms with Crippen LogP contribution < -0.4 is 16.0 Å². The SMILES string of the molecule is Cc1cc(N2CCOCC2)c(NC(=O)c2coc(-c3ccnc(N)c3)n2)cc1CN(C=O)C(C)C. The summed E-state index contributed by atoms with van der Waals surface area (Å²) in [6, 6.07) is 7.37. The molecular formula is C25H30N6O4. The summed E-state index contributed by atoms with van der Waals surface area (Å²) in [6.45, 7) is 9.04. The van der Waals surface area contributed by atoms with Gasteiger partial charge in [0.1, 0.15) is 12.1 Å². The van der Waals surface area contributed by atoms with Gasteiger partial charge in [0, 0.05) is 37.4 Å². The summed E-state index contributed by atoms with van der Waals surface area (Å²) >= 11 is 0. The smallest absolute Gasteiger partial charge is 0.277 e. The van der Waals surface area contributed by atoms with Gasteiger partial charge in [0.2, 0.25) is 12.3 Å². The minimum Gasteiger partial charge on any atom is -0.444 e. The van der Waals surface area contributed by atoms with Crippen molar-refractivity contribution in [3.63, 3.8) is 0 Å². The third-order valence-corrected chi connectivity index (χ3v) is 5.97. The zero-order chi connectivity index (χ0) is 24.9. The number of rotatable bonds is 8. The summed E-state index contributed by atoms with van der Waals surface area (Å²) in [5.74, 6) is 0.211. The first-order chi connectivity index (χ1) is 16.9. The number of morpholine rings is 1. The Morgan fingerprint density at radius 3 is 2.74 bits per heavy atom. The van der Waals surface area contributed by atoms with Gasteiger partial charge in [-0.2, -0.15) is 0 Å². The van der Waals surface area contributed by atoms with Crippen LogP contribution >= 0.6 is 0 Å². The van der Waals surface area contributed by atoms with Gasteiger partial charge in [-0.15, -0.1) is 0 Å². The first-order valence-electron chi connectivity index (χ1n) is 11.5. The number of pyridine rings is 1. The molecule has 3 heterocycles. The summed E-state index contributed by atoms with van der Waals surface area (Å²) in [5.41, 5.74) is 10.0. The molecule has 10 nitrogen and oxygen atoms in total. The lowest BCUT2D eigenvalue weighted by Gasteiger charge is -2.32. The number of nitrogens with one attached hydrogen (secondary N) is 1. The lowest BCUT2D eigenvalue weighted by atomic mass is 10.0. The van der Waals surface area contributed by atoms with Crippen molar-refractivity contribution in [3.05, 3.63) is 53.5 Å². The largest absolute Gasteiger partial charge is 0.444 e. The third kappa shape index (κ3) is 5.60. The van der Waals surface area contributed by atoms with Crippen molar-refractivity contribution in [2.24, 2.45) is 0 Å². The van der Waals surface area contributed by atoms with E-state index in [0.717, 1.165) is 23.2 Å². The van der Waals surface area contributed by atoms with Crippen LogP contribution in [0.15, 0.2) is 41.1 Å². The Morgan fingerprint density at radius 1 is 1.29 bits per heavy atom. The van der Waals surface area contributed by atoms with Gasteiger partial charge in [-0.25, -0.2) is 9.97 Å². The molecule has 0 radical (unpaired) electrons. The van der Waals surface area contributed by atoms with Crippen molar-refractivity contribution in [1.29, 1.82) is 0 Å². The van der Waals surface area contributed by atoms with E-state index in [2.05, 4.69) is 20.2 Å². The Kier molecular flexibility index (Phi) is 7.31. The molecule has 0 aliphatic carbocycles. The maximum Gasteiger partial charge on any atom is 0.277 e. The number of nitrogens with zero attached hydrogens (tertiary/aromatic N) is 4. The van der Waals surface area contributed by atoms with Crippen LogP contribution in [0.4, 0.5) is 17.2 Å². The van der Waals surface area contributed by atoms with Gasteiger partial charge < -0.3 is 30.0 Å². The fraction of sp³-hybridized carbons (Fsp3) is 0.360. The van der Waals surface area contributed by atoms with Gasteiger partial charge in [0.15, 0.2) is 5.69 Å². The van der Waals surface area contributed by atoms with E-state index in [4.69, 9.17) is 14.9 Å². The van der Waals surface area contributed by atoms with Crippen LogP contribution in [-0.4, -0.2) is 59.5 Å². The van der Waals surface area contributed by atoms with Crippen molar-refractivity contribution in [3.8, 4) is 11.5 Å². The van der Waals surface area contributed by atoms with Crippen LogP contribution in [0.5, 0.6) is 0 Å². The van der Waals surface area contributed by atoms with Gasteiger partial charge in [-0.3, -0.25) is 9.59 Å². The van der Waals surface area contributed by atoms with E-state index in [0.29, 0.717) is 49.9 Å². The summed E-state index contributed by atoms with van der Waals surface area (Å²) in [4.78, 5) is 36.9. The fourth-order valence-electron chi connectivity index (χ4n) is 3.89. The molecule has 0 spiro atoms. The quantitative estimate of drug-likeness (QED) is 0.473. The highest BCUT2D eigenvalue weighted by atomic mass is 16.5. The van der Waals surface area contributed by atoms with Crippen LogP contribution in [-0.2, 0) is 16.1 Å². The highest BCUT2D eigenvalue weighted by molar-refractivity contribution is 6.05. The Bertz CT molecular complexity index is 1200. The average Bonchev–Trinajstić information content (AvgIpc) is 3.35. The standard InChI is InChI=1S/C25H30N6O4/c1-16(2)31(15-32)13-19-11-20(22(10-17(19)3)30-6-8-34-9-7-30)28-24(33)21-14-35-25(29-21)18-4-5-27-23(26)12-18/h4-5,10-12,14-16H,6-9,13H2,1-3H3,(H2,26,27)(H,28,33). The topological polar surface area (TPSA) is 127 Å². The Morgan fingerprint density at radius 2 is 2.06 bits per heavy atom. The number of amides is 2. The second kappa shape index (κ2) is 10.6. The van der Waals surface area contributed by atoms with Gasteiger partial charge >= 0.3 is 0 Å². The monoisotopic (exact) mass is 478 g/mol. The first-order valence-corrected chi connectivity index (χ1v) is 11.5. The van der Waals surface area contributed by atoms with Crippen molar-refractivity contribution in [2.45, 2.75) is 33.4 Å². The second-order valence-electron chi connectivity index (χ2n) is 8.73. The molecule has 0 saturated carbocycles. The lowest BCUT2D eigenvalue weighted by molar-refractivity contribution is -0.120. The Labute approximate surface area is 204 Å². The zero-order valence-corrected chi connectivity index (χ0v) is 20.2. The van der Waals surface area contributed by atoms with Gasteiger partial charge in [0.25, 0.3) is 5.91 Å². The summed E-state index contributed by atoms with van der Waals surface area (Å²) in [5, 5.41) is 3.00. The Hall–Kier alpha value is -3.92. The molecule has 3 N–H and O–H groups in total. The maximum absolute atomic E-state index is 13.2. The molecule has 1 saturated heterocycles. The third-order valence-electron chi connectivity index (χ3n) is 5.97. The van der Waals surface area contributed by atoms with E-state index in [9.17, 15) is 9.59 Å². The van der Waals surface area contributed by atoms with E-state index in [1.165, 1.54) is 6.26 Å². The molecule has 1 aliphatic rings. The molecule has 0 unspecified atom stereocenters. The lowest BCUT2D eigenvalue weighted by Crippen LogP contribution is -2.37. The van der Waals surface area contributed by atoms with E-state index in [1.807, 2.05) is 32.9 Å². The highest BCUT2D eigenvalue weighted by Gasteiger charge is 2.21. The van der Waals surface area contributed by atoms with Gasteiger partial charge in [0.05, 0.1) is 24.6 Å². The van der Waals surface area contributed by atoms with Crippen LogP contribution in [0.25, 0.3) is 11.5 Å². The molecule has 4 rings (SSSR count). The first kappa shape index (κ1) is 24.2. The molecule has 184 valence electrons. The number of ether oxygens (including phenoxy) is 1. The van der Waals surface area contributed by atoms with Crippen LogP contribution in [0.1, 0.15) is 35.5 Å². The van der Waals surface area contributed by atoms with Crippen molar-refractivity contribution < 1.29 is 18.7 Å². The fourth-order valence-corrected chi connectivity index (χ4v) is 3.89. The summed E-state index contributed by atoms with van der Waals surface area (Å²) in [6.07, 6.45) is 3.72. The van der Waals surface area contributed by atoms with E-state index in [1.54, 1.807) is 23.2 Å². The minimum atomic E-state index is -0.401.